The number of benzene rings is 3. The molecule has 3 heterocycles. The number of halogens is 3. The van der Waals surface area contributed by atoms with Crippen LogP contribution in [0.2, 0.25) is 0 Å². The summed E-state index contributed by atoms with van der Waals surface area (Å²) in [6.45, 7) is -0.370. The molecular weight excluding hydrogens is 603 g/mol. The number of para-hydroxylation sites is 3. The van der Waals surface area contributed by atoms with Crippen LogP contribution < -0.4 is 19.8 Å². The van der Waals surface area contributed by atoms with E-state index in [0.29, 0.717) is 31.8 Å². The van der Waals surface area contributed by atoms with Gasteiger partial charge in [-0.05, 0) is 30.3 Å². The molecule has 43 heavy (non-hydrogen) atoms. The second-order valence-electron chi connectivity index (χ2n) is 9.85. The third-order valence-corrected chi connectivity index (χ3v) is 9.94. The van der Waals surface area contributed by atoms with Crippen molar-refractivity contribution in [3.05, 3.63) is 105 Å². The van der Waals surface area contributed by atoms with Crippen molar-refractivity contribution in [3.63, 3.8) is 0 Å². The molecule has 4 aromatic rings. The molecule has 0 aliphatic carbocycles. The summed E-state index contributed by atoms with van der Waals surface area (Å²) < 4.78 is 48.7. The number of fused-ring (bicyclic) bond motifs is 2. The third-order valence-electron chi connectivity index (χ3n) is 7.33. The number of methoxy groups -OCH3 is 1. The van der Waals surface area contributed by atoms with Crippen LogP contribution >= 0.6 is 23.1 Å². The molecule has 0 spiro atoms. The quantitative estimate of drug-likeness (QED) is 0.290. The lowest BCUT2D eigenvalue weighted by Crippen LogP contribution is -2.33. The summed E-state index contributed by atoms with van der Waals surface area (Å²) in [6.07, 6.45) is -4.81. The number of hydrogen-bond donors (Lipinski definition) is 1. The summed E-state index contributed by atoms with van der Waals surface area (Å²) in [7, 11) is 1.43. The molecule has 8 nitrogen and oxygen atoms in total. The van der Waals surface area contributed by atoms with Crippen LogP contribution in [-0.2, 0) is 27.1 Å². The maximum Gasteiger partial charge on any atom is 0.418 e. The number of nitrogens with one attached hydrogen (secondary N) is 1. The van der Waals surface area contributed by atoms with E-state index in [1.54, 1.807) is 54.6 Å². The maximum atomic E-state index is 14.0. The Balaban J connectivity index is 1.47. The molecule has 0 saturated carbocycles. The Bertz CT molecular complexity index is 1800. The van der Waals surface area contributed by atoms with E-state index in [2.05, 4.69) is 5.32 Å². The number of aromatic nitrogens is 1. The van der Waals surface area contributed by atoms with Crippen LogP contribution in [0.5, 0.6) is 5.75 Å². The number of anilines is 2. The average Bonchev–Trinajstić information content (AvgIpc) is 3.43. The highest BCUT2D eigenvalue weighted by molar-refractivity contribution is 8.00. The monoisotopic (exact) mass is 625 g/mol. The second-order valence-corrected chi connectivity index (χ2v) is 12.0. The summed E-state index contributed by atoms with van der Waals surface area (Å²) in [5, 5.41) is 1.88. The summed E-state index contributed by atoms with van der Waals surface area (Å²) in [5.41, 5.74) is -0.643. The predicted octanol–water partition coefficient (Wildman–Crippen LogP) is 5.37. The zero-order chi connectivity index (χ0) is 30.5. The molecule has 2 unspecified atom stereocenters. The van der Waals surface area contributed by atoms with Gasteiger partial charge in [-0.1, -0.05) is 71.6 Å². The van der Waals surface area contributed by atoms with E-state index in [9.17, 15) is 32.3 Å². The molecule has 13 heteroatoms. The largest absolute Gasteiger partial charge is 0.496 e. The number of ether oxygens (including phenoxy) is 1. The smallest absolute Gasteiger partial charge is 0.418 e. The van der Waals surface area contributed by atoms with Gasteiger partial charge in [0, 0.05) is 22.0 Å². The highest BCUT2D eigenvalue weighted by atomic mass is 32.2. The Morgan fingerprint density at radius 1 is 0.930 bits per heavy atom. The fourth-order valence-electron chi connectivity index (χ4n) is 5.53. The molecule has 1 aromatic heterocycles. The van der Waals surface area contributed by atoms with Crippen LogP contribution in [0, 0.1) is 5.92 Å². The minimum atomic E-state index is -4.81. The van der Waals surface area contributed by atoms with Crippen molar-refractivity contribution >= 4 is 52.2 Å². The minimum absolute atomic E-state index is 0.308. The zero-order valence-corrected chi connectivity index (χ0v) is 24.0. The Labute approximate surface area is 251 Å². The molecule has 0 radical (unpaired) electrons. The van der Waals surface area contributed by atoms with Crippen molar-refractivity contribution in [2.24, 2.45) is 5.92 Å². The molecule has 6 rings (SSSR count). The molecule has 2 aliphatic rings. The van der Waals surface area contributed by atoms with Crippen molar-refractivity contribution < 1.29 is 32.3 Å². The van der Waals surface area contributed by atoms with Crippen LogP contribution in [0.25, 0.3) is 0 Å². The SMILES string of the molecule is COc1ccccc1[C@H]1c2sc(=O)n(CC(=O)Nc3ccccc3)c2SC2C(=O)N(c3ccccc3C(F)(F)F)C(=O)C21. The first-order valence-corrected chi connectivity index (χ1v) is 14.7. The molecule has 0 bridgehead atoms. The summed E-state index contributed by atoms with van der Waals surface area (Å²) in [6, 6.07) is 19.9. The van der Waals surface area contributed by atoms with E-state index in [-0.39, 0.29) is 6.54 Å². The van der Waals surface area contributed by atoms with E-state index >= 15 is 0 Å². The van der Waals surface area contributed by atoms with Gasteiger partial charge in [-0.2, -0.15) is 13.2 Å². The molecule has 220 valence electrons. The molecule has 1 N–H and O–H groups in total. The molecule has 1 fully saturated rings. The molecule has 1 saturated heterocycles. The highest BCUT2D eigenvalue weighted by Gasteiger charge is 2.58. The number of carbonyl (C=O) groups excluding carboxylic acids is 3. The van der Waals surface area contributed by atoms with Gasteiger partial charge in [-0.15, -0.1) is 0 Å². The molecule has 3 aromatic carbocycles. The van der Waals surface area contributed by atoms with Gasteiger partial charge in [0.1, 0.15) is 17.5 Å². The fraction of sp³-hybridized carbons (Fsp3) is 0.200. The molecule has 3 amide bonds. The summed E-state index contributed by atoms with van der Waals surface area (Å²) in [4.78, 5) is 54.7. The Morgan fingerprint density at radius 2 is 1.60 bits per heavy atom. The number of nitrogens with zero attached hydrogens (tertiary/aromatic N) is 2. The van der Waals surface area contributed by atoms with Crippen molar-refractivity contribution in [1.29, 1.82) is 0 Å². The first-order valence-electron chi connectivity index (χ1n) is 13.0. The molecular formula is C30H22F3N3O5S2. The number of hydrogen-bond acceptors (Lipinski definition) is 7. The highest BCUT2D eigenvalue weighted by Crippen LogP contribution is 2.55. The van der Waals surface area contributed by atoms with E-state index < -0.39 is 57.1 Å². The maximum absolute atomic E-state index is 14.0. The number of alkyl halides is 3. The van der Waals surface area contributed by atoms with Gasteiger partial charge in [-0.3, -0.25) is 23.7 Å². The lowest BCUT2D eigenvalue weighted by atomic mass is 9.82. The lowest BCUT2D eigenvalue weighted by Gasteiger charge is -2.31. The fourth-order valence-corrected chi connectivity index (χ4v) is 8.29. The average molecular weight is 626 g/mol. The summed E-state index contributed by atoms with van der Waals surface area (Å²) in [5.74, 6) is -3.77. The Morgan fingerprint density at radius 3 is 2.33 bits per heavy atom. The van der Waals surface area contributed by atoms with Gasteiger partial charge < -0.3 is 10.1 Å². The van der Waals surface area contributed by atoms with Gasteiger partial charge in [0.25, 0.3) is 0 Å². The van der Waals surface area contributed by atoms with Crippen molar-refractivity contribution in [1.82, 2.24) is 4.57 Å². The van der Waals surface area contributed by atoms with Crippen LogP contribution in [0.1, 0.15) is 21.9 Å². The van der Waals surface area contributed by atoms with E-state index in [1.807, 2.05) is 0 Å². The predicted molar refractivity (Wildman–Crippen MR) is 156 cm³/mol. The first kappa shape index (κ1) is 28.7. The van der Waals surface area contributed by atoms with Crippen LogP contribution in [-0.4, -0.2) is 34.6 Å². The topological polar surface area (TPSA) is 97.7 Å². The molecule has 2 aliphatic heterocycles. The zero-order valence-electron chi connectivity index (χ0n) is 22.3. The van der Waals surface area contributed by atoms with Gasteiger partial charge >= 0.3 is 11.0 Å². The normalized spacial score (nSPS) is 19.6. The lowest BCUT2D eigenvalue weighted by molar-refractivity contribution is -0.137. The number of rotatable bonds is 6. The number of thiazole rings is 1. The van der Waals surface area contributed by atoms with Gasteiger partial charge in [-0.25, -0.2) is 4.90 Å². The number of imide groups is 1. The van der Waals surface area contributed by atoms with Gasteiger partial charge in [0.2, 0.25) is 17.7 Å². The number of amides is 3. The van der Waals surface area contributed by atoms with Gasteiger partial charge in [0.15, 0.2) is 0 Å². The minimum Gasteiger partial charge on any atom is -0.496 e. The Hall–Kier alpha value is -4.36. The first-order chi connectivity index (χ1) is 20.6. The summed E-state index contributed by atoms with van der Waals surface area (Å²) >= 11 is 1.75. The van der Waals surface area contributed by atoms with Crippen molar-refractivity contribution in [2.45, 2.75) is 28.9 Å². The third kappa shape index (κ3) is 5.01. The Kier molecular flexibility index (Phi) is 7.38. The molecule has 3 atom stereocenters. The number of carbonyl (C=O) groups is 3. The standard InChI is InChI=1S/C30H22F3N3O5S2/c1-41-20-14-8-5-11-17(20)22-23-24(27(39)36(26(23)38)19-13-7-6-12-18(19)30(31,32)33)42-28-25(22)43-29(40)35(28)15-21(37)34-16-9-3-2-4-10-16/h2-14,22-24H,15H2,1H3,(H,34,37)/t22-,23?,24?/m1/s1. The van der Waals surface area contributed by atoms with Crippen LogP contribution in [0.3, 0.4) is 0 Å². The van der Waals surface area contributed by atoms with Crippen molar-refractivity contribution in [3.8, 4) is 5.75 Å². The van der Waals surface area contributed by atoms with Crippen LogP contribution in [0.4, 0.5) is 24.5 Å². The second kappa shape index (κ2) is 11.0. The van der Waals surface area contributed by atoms with E-state index in [1.165, 1.54) is 23.8 Å². The number of thioether (sulfide) groups is 1. The van der Waals surface area contributed by atoms with E-state index in [4.69, 9.17) is 4.74 Å². The van der Waals surface area contributed by atoms with Gasteiger partial charge in [0.05, 0.1) is 29.3 Å². The van der Waals surface area contributed by atoms with Crippen LogP contribution in [0.15, 0.2) is 88.7 Å². The van der Waals surface area contributed by atoms with Crippen molar-refractivity contribution in [2.75, 3.05) is 17.3 Å². The van der Waals surface area contributed by atoms with E-state index in [0.717, 1.165) is 35.2 Å².